The van der Waals surface area contributed by atoms with Crippen molar-refractivity contribution in [3.05, 3.63) is 168 Å². The van der Waals surface area contributed by atoms with Crippen LogP contribution < -0.4 is 9.68 Å². The molecule has 0 bridgehead atoms. The highest BCUT2D eigenvalue weighted by atomic mass is 16.7. The average Bonchev–Trinajstić information content (AvgIpc) is 3.06. The van der Waals surface area contributed by atoms with Crippen molar-refractivity contribution < 1.29 is 19.1 Å². The van der Waals surface area contributed by atoms with Gasteiger partial charge >= 0.3 is 0 Å². The van der Waals surface area contributed by atoms with E-state index in [1.54, 1.807) is 0 Å². The van der Waals surface area contributed by atoms with E-state index in [-0.39, 0.29) is 0 Å². The van der Waals surface area contributed by atoms with Crippen molar-refractivity contribution in [1.29, 1.82) is 0 Å². The van der Waals surface area contributed by atoms with E-state index in [9.17, 15) is 0 Å². The van der Waals surface area contributed by atoms with Crippen LogP contribution in [0.25, 0.3) is 0 Å². The first-order chi connectivity index (χ1) is 20.8. The summed E-state index contributed by atoms with van der Waals surface area (Å²) < 4.78 is 12.2. The van der Waals surface area contributed by atoms with Crippen LogP contribution in [-0.2, 0) is 22.3 Å². The summed E-state index contributed by atoms with van der Waals surface area (Å²) in [5.41, 5.74) is 4.03. The molecule has 0 aliphatic carbocycles. The molecule has 42 heavy (non-hydrogen) atoms. The number of hydrogen-bond acceptors (Lipinski definition) is 6. The maximum atomic E-state index is 6.09. The minimum atomic E-state index is 0.439. The minimum absolute atomic E-state index is 0.439. The van der Waals surface area contributed by atoms with Gasteiger partial charge < -0.3 is 19.1 Å². The van der Waals surface area contributed by atoms with Gasteiger partial charge in [-0.25, -0.2) is 0 Å². The molecular formula is C36H32N2O4. The molecule has 0 saturated carbocycles. The molecule has 0 heterocycles. The molecule has 0 unspecified atom stereocenters. The third-order valence-electron chi connectivity index (χ3n) is 6.25. The van der Waals surface area contributed by atoms with Crippen LogP contribution in [0.4, 0.5) is 0 Å². The highest BCUT2D eigenvalue weighted by Gasteiger charge is 2.09. The lowest BCUT2D eigenvalue weighted by Crippen LogP contribution is -2.12. The first-order valence-electron chi connectivity index (χ1n) is 13.9. The lowest BCUT2D eigenvalue weighted by atomic mass is 10.1. The van der Waals surface area contributed by atoms with Gasteiger partial charge in [-0.1, -0.05) is 97.1 Å². The summed E-state index contributed by atoms with van der Waals surface area (Å²) in [7, 11) is 0. The molecule has 0 aliphatic rings. The van der Waals surface area contributed by atoms with E-state index in [0.29, 0.717) is 49.3 Å². The van der Waals surface area contributed by atoms with Crippen LogP contribution in [0.5, 0.6) is 11.5 Å². The molecule has 0 aliphatic heterocycles. The number of benzene rings is 5. The standard InChI is InChI=1S/C36H32N2O4/c1-5-16-31(17-6-1)35(37-41-33-20-9-3-10-21-33)39-26-24-29-14-13-15-30(28-29)25-27-40-36(32-18-7-2-8-19-32)38-42-34-22-11-4-12-23-34/h1-23,28H,24-27H2/b37-35-,38-36+. The fraction of sp³-hybridized carbons (Fsp3) is 0.111. The number of nitrogens with zero attached hydrogens (tertiary/aromatic N) is 2. The fourth-order valence-corrected chi connectivity index (χ4v) is 4.11. The molecule has 6 heteroatoms. The van der Waals surface area contributed by atoms with E-state index < -0.39 is 0 Å². The Balaban J connectivity index is 1.17. The Morgan fingerprint density at radius 2 is 0.810 bits per heavy atom. The molecule has 0 amide bonds. The third-order valence-corrected chi connectivity index (χ3v) is 6.25. The zero-order valence-corrected chi connectivity index (χ0v) is 23.2. The number of rotatable bonds is 12. The first-order valence-corrected chi connectivity index (χ1v) is 13.9. The monoisotopic (exact) mass is 556 g/mol. The Kier molecular flexibility index (Phi) is 10.4. The van der Waals surface area contributed by atoms with Crippen LogP contribution >= 0.6 is 0 Å². The first kappa shape index (κ1) is 28.2. The lowest BCUT2D eigenvalue weighted by Gasteiger charge is -2.11. The smallest absolute Gasteiger partial charge is 0.258 e. The van der Waals surface area contributed by atoms with Crippen molar-refractivity contribution in [2.75, 3.05) is 13.2 Å². The molecule has 0 fully saturated rings. The number of ether oxygens (including phenoxy) is 2. The van der Waals surface area contributed by atoms with Crippen molar-refractivity contribution >= 4 is 11.8 Å². The van der Waals surface area contributed by atoms with Gasteiger partial charge in [0.2, 0.25) is 0 Å². The summed E-state index contributed by atoms with van der Waals surface area (Å²) in [4.78, 5) is 11.2. The van der Waals surface area contributed by atoms with Gasteiger partial charge in [0.15, 0.2) is 11.5 Å². The van der Waals surface area contributed by atoms with Crippen molar-refractivity contribution in [2.24, 2.45) is 10.3 Å². The third kappa shape index (κ3) is 8.83. The van der Waals surface area contributed by atoms with Gasteiger partial charge in [-0.3, -0.25) is 0 Å². The van der Waals surface area contributed by atoms with E-state index in [4.69, 9.17) is 19.1 Å². The molecule has 0 aromatic heterocycles. The molecular weight excluding hydrogens is 524 g/mol. The van der Waals surface area contributed by atoms with Crippen molar-refractivity contribution in [1.82, 2.24) is 0 Å². The predicted molar refractivity (Wildman–Crippen MR) is 166 cm³/mol. The quantitative estimate of drug-likeness (QED) is 0.0898. The highest BCUT2D eigenvalue weighted by Crippen LogP contribution is 2.14. The lowest BCUT2D eigenvalue weighted by molar-refractivity contribution is 0.269. The Morgan fingerprint density at radius 1 is 0.429 bits per heavy atom. The average molecular weight is 557 g/mol. The second kappa shape index (κ2) is 15.4. The van der Waals surface area contributed by atoms with Crippen LogP contribution in [0.3, 0.4) is 0 Å². The van der Waals surface area contributed by atoms with Crippen LogP contribution in [0, 0.1) is 0 Å². The largest absolute Gasteiger partial charge is 0.475 e. The van der Waals surface area contributed by atoms with E-state index in [1.807, 2.05) is 121 Å². The van der Waals surface area contributed by atoms with Gasteiger partial charge in [-0.2, -0.15) is 0 Å². The van der Waals surface area contributed by atoms with Crippen LogP contribution in [0.2, 0.25) is 0 Å². The highest BCUT2D eigenvalue weighted by molar-refractivity contribution is 5.94. The summed E-state index contributed by atoms with van der Waals surface area (Å²) >= 11 is 0. The Hall–Kier alpha value is -5.36. The van der Waals surface area contributed by atoms with E-state index in [1.165, 1.54) is 0 Å². The van der Waals surface area contributed by atoms with Gasteiger partial charge in [0, 0.05) is 24.0 Å². The van der Waals surface area contributed by atoms with E-state index in [2.05, 4.69) is 34.6 Å². The number of oxime groups is 2. The Bertz CT molecular complexity index is 1440. The van der Waals surface area contributed by atoms with Gasteiger partial charge in [0.25, 0.3) is 11.8 Å². The molecule has 0 spiro atoms. The Labute approximate surface area is 246 Å². The summed E-state index contributed by atoms with van der Waals surface area (Å²) in [5.74, 6) is 2.18. The molecule has 210 valence electrons. The summed E-state index contributed by atoms with van der Waals surface area (Å²) in [6.07, 6.45) is 1.43. The minimum Gasteiger partial charge on any atom is -0.475 e. The molecule has 0 N–H and O–H groups in total. The SMILES string of the molecule is c1ccc(O/N=C(\OCCc2cccc(CCO/C(=N/Oc3ccccc3)c3ccccc3)c2)c2ccccc2)cc1. The van der Waals surface area contributed by atoms with Gasteiger partial charge in [-0.15, -0.1) is 0 Å². The number of hydrogen-bond donors (Lipinski definition) is 0. The maximum absolute atomic E-state index is 6.09. The Morgan fingerprint density at radius 3 is 1.21 bits per heavy atom. The van der Waals surface area contributed by atoms with Crippen molar-refractivity contribution in [2.45, 2.75) is 12.8 Å². The fourth-order valence-electron chi connectivity index (χ4n) is 4.11. The van der Waals surface area contributed by atoms with E-state index >= 15 is 0 Å². The zero-order valence-electron chi connectivity index (χ0n) is 23.2. The van der Waals surface area contributed by atoms with Crippen LogP contribution in [-0.4, -0.2) is 25.0 Å². The van der Waals surface area contributed by atoms with Crippen LogP contribution in [0.1, 0.15) is 22.3 Å². The molecule has 0 saturated heterocycles. The van der Waals surface area contributed by atoms with E-state index in [0.717, 1.165) is 22.3 Å². The number of para-hydroxylation sites is 2. The predicted octanol–water partition coefficient (Wildman–Crippen LogP) is 7.69. The molecule has 0 radical (unpaired) electrons. The van der Waals surface area contributed by atoms with Crippen molar-refractivity contribution in [3.63, 3.8) is 0 Å². The second-order valence-corrected chi connectivity index (χ2v) is 9.35. The molecule has 0 atom stereocenters. The molecule has 5 aromatic carbocycles. The topological polar surface area (TPSA) is 61.6 Å². The van der Waals surface area contributed by atoms with Crippen LogP contribution in [0.15, 0.2) is 156 Å². The maximum Gasteiger partial charge on any atom is 0.258 e. The van der Waals surface area contributed by atoms with Gasteiger partial charge in [0.1, 0.15) is 0 Å². The molecule has 6 nitrogen and oxygen atoms in total. The van der Waals surface area contributed by atoms with Gasteiger partial charge in [-0.05, 0) is 70.0 Å². The normalized spacial score (nSPS) is 11.5. The summed E-state index contributed by atoms with van der Waals surface area (Å²) in [5, 5.41) is 8.57. The zero-order chi connectivity index (χ0) is 28.7. The summed E-state index contributed by atoms with van der Waals surface area (Å²) in [6, 6.07) is 46.8. The van der Waals surface area contributed by atoms with Gasteiger partial charge in [0.05, 0.1) is 13.2 Å². The van der Waals surface area contributed by atoms with Crippen molar-refractivity contribution in [3.8, 4) is 11.5 Å². The second-order valence-electron chi connectivity index (χ2n) is 9.35. The molecule has 5 rings (SSSR count). The molecule has 5 aromatic rings. The summed E-state index contributed by atoms with van der Waals surface area (Å²) in [6.45, 7) is 0.904.